The minimum absolute atomic E-state index is 0.0379. The van der Waals surface area contributed by atoms with Gasteiger partial charge in [0.25, 0.3) is 11.5 Å². The van der Waals surface area contributed by atoms with Crippen molar-refractivity contribution in [2.24, 2.45) is 0 Å². The summed E-state index contributed by atoms with van der Waals surface area (Å²) >= 11 is 0. The molecule has 0 unspecified atom stereocenters. The van der Waals surface area contributed by atoms with E-state index in [-0.39, 0.29) is 5.56 Å². The fraction of sp³-hybridized carbons (Fsp3) is 0.0800. The van der Waals surface area contributed by atoms with Crippen LogP contribution in [0, 0.1) is 13.8 Å². The van der Waals surface area contributed by atoms with E-state index in [1.807, 2.05) is 92.7 Å². The third-order valence-corrected chi connectivity index (χ3v) is 4.96. The molecule has 148 valence electrons. The van der Waals surface area contributed by atoms with Crippen LogP contribution in [0.1, 0.15) is 21.5 Å². The van der Waals surface area contributed by atoms with Crippen LogP contribution < -0.4 is 10.9 Å². The van der Waals surface area contributed by atoms with Gasteiger partial charge in [-0.2, -0.15) is 5.10 Å². The molecule has 0 aliphatic carbocycles. The highest BCUT2D eigenvalue weighted by atomic mass is 16.2. The van der Waals surface area contributed by atoms with Crippen LogP contribution in [0.5, 0.6) is 0 Å². The van der Waals surface area contributed by atoms with E-state index < -0.39 is 11.5 Å². The number of aromatic amines is 1. The molecule has 1 heterocycles. The van der Waals surface area contributed by atoms with Gasteiger partial charge < -0.3 is 5.32 Å². The number of rotatable bonds is 4. The number of benzene rings is 3. The minimum Gasteiger partial charge on any atom is -0.322 e. The number of hydrogen-bond acceptors (Lipinski definition) is 3. The Morgan fingerprint density at radius 3 is 2.17 bits per heavy atom. The SMILES string of the molecule is Cc1ccc(C)c(NC(=O)c2c(-c3ccccc3)c(-c3ccccc3)n[nH]c2=O)c1. The lowest BCUT2D eigenvalue weighted by Gasteiger charge is -2.15. The van der Waals surface area contributed by atoms with Crippen LogP contribution in [0.4, 0.5) is 5.69 Å². The van der Waals surface area contributed by atoms with Gasteiger partial charge in [-0.15, -0.1) is 0 Å². The molecule has 0 bridgehead atoms. The zero-order chi connectivity index (χ0) is 21.1. The monoisotopic (exact) mass is 395 g/mol. The molecule has 2 N–H and O–H groups in total. The summed E-state index contributed by atoms with van der Waals surface area (Å²) in [5.41, 5.74) is 4.75. The number of aryl methyl sites for hydroxylation is 2. The Morgan fingerprint density at radius 1 is 0.867 bits per heavy atom. The first-order valence-electron chi connectivity index (χ1n) is 9.66. The van der Waals surface area contributed by atoms with E-state index in [1.54, 1.807) is 0 Å². The molecule has 30 heavy (non-hydrogen) atoms. The van der Waals surface area contributed by atoms with E-state index in [1.165, 1.54) is 0 Å². The molecular formula is C25H21N3O2. The number of H-pyrrole nitrogens is 1. The second-order valence-corrected chi connectivity index (χ2v) is 7.16. The molecule has 4 rings (SSSR count). The lowest BCUT2D eigenvalue weighted by Crippen LogP contribution is -2.26. The summed E-state index contributed by atoms with van der Waals surface area (Å²) in [5.74, 6) is -0.469. The van der Waals surface area contributed by atoms with Crippen LogP contribution in [0.2, 0.25) is 0 Å². The summed E-state index contributed by atoms with van der Waals surface area (Å²) in [6.07, 6.45) is 0. The lowest BCUT2D eigenvalue weighted by atomic mass is 9.95. The zero-order valence-corrected chi connectivity index (χ0v) is 16.8. The minimum atomic E-state index is -0.531. The summed E-state index contributed by atoms with van der Waals surface area (Å²) in [4.78, 5) is 26.1. The molecule has 1 aromatic heterocycles. The number of anilines is 1. The van der Waals surface area contributed by atoms with Gasteiger partial charge in [0.2, 0.25) is 0 Å². The van der Waals surface area contributed by atoms with Crippen molar-refractivity contribution >= 4 is 11.6 Å². The van der Waals surface area contributed by atoms with Crippen molar-refractivity contribution in [2.45, 2.75) is 13.8 Å². The van der Waals surface area contributed by atoms with Crippen LogP contribution in [-0.2, 0) is 0 Å². The summed E-state index contributed by atoms with van der Waals surface area (Å²) in [7, 11) is 0. The fourth-order valence-corrected chi connectivity index (χ4v) is 3.41. The molecule has 0 aliphatic rings. The highest BCUT2D eigenvalue weighted by Gasteiger charge is 2.23. The van der Waals surface area contributed by atoms with Gasteiger partial charge in [0.1, 0.15) is 5.56 Å². The van der Waals surface area contributed by atoms with Gasteiger partial charge in [0.15, 0.2) is 0 Å². The molecule has 0 saturated heterocycles. The van der Waals surface area contributed by atoms with E-state index in [4.69, 9.17) is 0 Å². The lowest BCUT2D eigenvalue weighted by molar-refractivity contribution is 0.102. The largest absolute Gasteiger partial charge is 0.322 e. The molecule has 1 amide bonds. The van der Waals surface area contributed by atoms with Crippen LogP contribution in [0.25, 0.3) is 22.4 Å². The maximum absolute atomic E-state index is 13.3. The van der Waals surface area contributed by atoms with Crippen molar-refractivity contribution < 1.29 is 4.79 Å². The topological polar surface area (TPSA) is 74.8 Å². The number of aromatic nitrogens is 2. The van der Waals surface area contributed by atoms with Gasteiger partial charge in [-0.25, -0.2) is 5.10 Å². The standard InChI is InChI=1S/C25H21N3O2/c1-16-13-14-17(2)20(15-16)26-24(29)22-21(18-9-5-3-6-10-18)23(27-28-25(22)30)19-11-7-4-8-12-19/h3-15H,1-2H3,(H,26,29)(H,28,30). The quantitative estimate of drug-likeness (QED) is 0.512. The summed E-state index contributed by atoms with van der Waals surface area (Å²) in [6.45, 7) is 3.87. The highest BCUT2D eigenvalue weighted by molar-refractivity contribution is 6.10. The van der Waals surface area contributed by atoms with Crippen molar-refractivity contribution in [3.63, 3.8) is 0 Å². The molecule has 4 aromatic rings. The van der Waals surface area contributed by atoms with E-state index in [2.05, 4.69) is 15.5 Å². The number of nitrogens with one attached hydrogen (secondary N) is 2. The van der Waals surface area contributed by atoms with Gasteiger partial charge in [-0.1, -0.05) is 72.8 Å². The molecule has 0 fully saturated rings. The van der Waals surface area contributed by atoms with E-state index in [0.717, 1.165) is 22.3 Å². The Bertz CT molecular complexity index is 1260. The number of hydrogen-bond donors (Lipinski definition) is 2. The molecule has 0 atom stereocenters. The normalized spacial score (nSPS) is 10.6. The molecule has 0 aliphatic heterocycles. The van der Waals surface area contributed by atoms with Gasteiger partial charge >= 0.3 is 0 Å². The van der Waals surface area contributed by atoms with Crippen LogP contribution in [-0.4, -0.2) is 16.1 Å². The second kappa shape index (κ2) is 8.17. The van der Waals surface area contributed by atoms with Crippen molar-refractivity contribution in [2.75, 3.05) is 5.32 Å². The van der Waals surface area contributed by atoms with E-state index in [9.17, 15) is 9.59 Å². The Labute approximate surface area is 174 Å². The Kier molecular flexibility index (Phi) is 5.26. The van der Waals surface area contributed by atoms with E-state index >= 15 is 0 Å². The third-order valence-electron chi connectivity index (χ3n) is 4.96. The predicted molar refractivity (Wildman–Crippen MR) is 120 cm³/mol. The van der Waals surface area contributed by atoms with Gasteiger partial charge in [0.05, 0.1) is 5.69 Å². The smallest absolute Gasteiger partial charge is 0.277 e. The predicted octanol–water partition coefficient (Wildman–Crippen LogP) is 4.97. The van der Waals surface area contributed by atoms with Gasteiger partial charge in [-0.05, 0) is 36.6 Å². The van der Waals surface area contributed by atoms with Crippen LogP contribution in [0.3, 0.4) is 0 Å². The first-order chi connectivity index (χ1) is 14.5. The fourth-order valence-electron chi connectivity index (χ4n) is 3.41. The van der Waals surface area contributed by atoms with E-state index in [0.29, 0.717) is 16.9 Å². The molecule has 0 saturated carbocycles. The average molecular weight is 395 g/mol. The Morgan fingerprint density at radius 2 is 1.50 bits per heavy atom. The maximum Gasteiger partial charge on any atom is 0.277 e. The first kappa shape index (κ1) is 19.3. The van der Waals surface area contributed by atoms with Crippen molar-refractivity contribution in [1.29, 1.82) is 0 Å². The molecule has 5 heteroatoms. The second-order valence-electron chi connectivity index (χ2n) is 7.16. The van der Waals surface area contributed by atoms with Gasteiger partial charge in [-0.3, -0.25) is 9.59 Å². The number of nitrogens with zero attached hydrogens (tertiary/aromatic N) is 1. The molecular weight excluding hydrogens is 374 g/mol. The maximum atomic E-state index is 13.3. The van der Waals surface area contributed by atoms with Crippen LogP contribution in [0.15, 0.2) is 83.7 Å². The highest BCUT2D eigenvalue weighted by Crippen LogP contribution is 2.32. The summed E-state index contributed by atoms with van der Waals surface area (Å²) in [5, 5.41) is 9.70. The third kappa shape index (κ3) is 3.78. The first-order valence-corrected chi connectivity index (χ1v) is 9.66. The number of carbonyl (C=O) groups excluding carboxylic acids is 1. The van der Waals surface area contributed by atoms with Crippen molar-refractivity contribution in [1.82, 2.24) is 10.2 Å². The molecule has 0 radical (unpaired) electrons. The van der Waals surface area contributed by atoms with Crippen molar-refractivity contribution in [3.8, 4) is 22.4 Å². The Balaban J connectivity index is 1.92. The van der Waals surface area contributed by atoms with Crippen molar-refractivity contribution in [3.05, 3.63) is 106 Å². The van der Waals surface area contributed by atoms with Gasteiger partial charge in [0, 0.05) is 16.8 Å². The zero-order valence-electron chi connectivity index (χ0n) is 16.8. The summed E-state index contributed by atoms with van der Waals surface area (Å²) < 4.78 is 0. The Hall–Kier alpha value is -3.99. The molecule has 3 aromatic carbocycles. The summed E-state index contributed by atoms with van der Waals surface area (Å²) in [6, 6.07) is 24.7. The molecule has 0 spiro atoms. The van der Waals surface area contributed by atoms with Crippen LogP contribution >= 0.6 is 0 Å². The molecule has 5 nitrogen and oxygen atoms in total. The number of amides is 1. The number of carbonyl (C=O) groups is 1. The average Bonchev–Trinajstić information content (AvgIpc) is 2.77.